The van der Waals surface area contributed by atoms with E-state index in [4.69, 9.17) is 0 Å². The lowest BCUT2D eigenvalue weighted by Crippen LogP contribution is -2.30. The number of aliphatic hydroxyl groups excluding tert-OH is 1. The summed E-state index contributed by atoms with van der Waals surface area (Å²) in [6.07, 6.45) is 10.3. The largest absolute Gasteiger partial charge is 0.374 e. The quantitative estimate of drug-likeness (QED) is 0.121. The second-order valence-corrected chi connectivity index (χ2v) is 13.8. The van der Waals surface area contributed by atoms with Crippen molar-refractivity contribution < 1.29 is 22.3 Å². The van der Waals surface area contributed by atoms with E-state index >= 15 is 4.39 Å². The van der Waals surface area contributed by atoms with Crippen LogP contribution in [0.15, 0.2) is 61.1 Å². The summed E-state index contributed by atoms with van der Waals surface area (Å²) in [5, 5.41) is 21.4. The van der Waals surface area contributed by atoms with Crippen molar-refractivity contribution in [1.82, 2.24) is 34.9 Å². The van der Waals surface area contributed by atoms with Gasteiger partial charge in [-0.15, -0.1) is 0 Å². The number of H-pyrrole nitrogens is 2. The number of sulfonamides is 1. The highest BCUT2D eigenvalue weighted by molar-refractivity contribution is 7.88. The second kappa shape index (κ2) is 12.4. The molecular formula is C33H32F2N8O3S. The van der Waals surface area contributed by atoms with Crippen LogP contribution >= 0.6 is 0 Å². The van der Waals surface area contributed by atoms with Crippen LogP contribution in [0, 0.1) is 17.6 Å². The third-order valence-corrected chi connectivity index (χ3v) is 9.22. The summed E-state index contributed by atoms with van der Waals surface area (Å²) in [5.41, 5.74) is 4.37. The summed E-state index contributed by atoms with van der Waals surface area (Å²) in [6, 6.07) is 11.1. The van der Waals surface area contributed by atoms with Crippen LogP contribution in [0.2, 0.25) is 0 Å². The van der Waals surface area contributed by atoms with Crippen molar-refractivity contribution in [3.05, 3.63) is 78.3 Å². The van der Waals surface area contributed by atoms with E-state index in [0.717, 1.165) is 31.9 Å². The van der Waals surface area contributed by atoms with Gasteiger partial charge in [0.2, 0.25) is 10.0 Å². The zero-order chi connectivity index (χ0) is 32.7. The molecule has 47 heavy (non-hydrogen) atoms. The van der Waals surface area contributed by atoms with Gasteiger partial charge in [-0.2, -0.15) is 5.10 Å². The zero-order valence-electron chi connectivity index (χ0n) is 25.4. The first-order chi connectivity index (χ1) is 22.6. The number of imidazole rings is 1. The monoisotopic (exact) mass is 658 g/mol. The SMILES string of the molecule is CS(=O)(=O)NCc1cc(F)cc(-c2ccnc3nc(-c4n[nH]c5ccc(-c6cncc(NC(O)C7CCCCC7)c6)c(F)c45)[nH]c23)c1. The van der Waals surface area contributed by atoms with Gasteiger partial charge in [-0.05, 0) is 66.4 Å². The van der Waals surface area contributed by atoms with E-state index in [1.165, 1.54) is 24.8 Å². The number of pyridine rings is 2. The Labute approximate surface area is 268 Å². The Morgan fingerprint density at radius 3 is 2.66 bits per heavy atom. The average molecular weight is 659 g/mol. The fourth-order valence-electron chi connectivity index (χ4n) is 6.26. The lowest BCUT2D eigenvalue weighted by Gasteiger charge is -2.27. The third kappa shape index (κ3) is 6.44. The number of nitrogens with zero attached hydrogens (tertiary/aromatic N) is 4. The first-order valence-electron chi connectivity index (χ1n) is 15.3. The number of anilines is 1. The highest BCUT2D eigenvalue weighted by Gasteiger charge is 2.23. The highest BCUT2D eigenvalue weighted by Crippen LogP contribution is 2.36. The fraction of sp³-hybridized carbons (Fsp3) is 0.273. The molecule has 0 saturated heterocycles. The first kappa shape index (κ1) is 30.8. The van der Waals surface area contributed by atoms with Crippen molar-refractivity contribution in [2.24, 2.45) is 5.92 Å². The number of hydrogen-bond acceptors (Lipinski definition) is 8. The van der Waals surface area contributed by atoms with E-state index in [1.54, 1.807) is 42.7 Å². The Balaban J connectivity index is 1.23. The molecule has 242 valence electrons. The van der Waals surface area contributed by atoms with E-state index < -0.39 is 27.9 Å². The third-order valence-electron chi connectivity index (χ3n) is 8.55. The van der Waals surface area contributed by atoms with Crippen LogP contribution in [-0.4, -0.2) is 56.1 Å². The maximum absolute atomic E-state index is 16.4. The molecule has 4 heterocycles. The van der Waals surface area contributed by atoms with Gasteiger partial charge in [0.25, 0.3) is 0 Å². The van der Waals surface area contributed by atoms with E-state index in [0.29, 0.717) is 50.2 Å². The molecule has 4 aromatic heterocycles. The number of benzene rings is 2. The number of hydrogen-bond donors (Lipinski definition) is 5. The highest BCUT2D eigenvalue weighted by atomic mass is 32.2. The number of aliphatic hydroxyl groups is 1. The minimum Gasteiger partial charge on any atom is -0.374 e. The van der Waals surface area contributed by atoms with Gasteiger partial charge in [0.15, 0.2) is 11.5 Å². The van der Waals surface area contributed by atoms with E-state index in [-0.39, 0.29) is 29.4 Å². The van der Waals surface area contributed by atoms with Crippen LogP contribution in [-0.2, 0) is 16.6 Å². The Bertz CT molecular complexity index is 2210. The molecule has 6 aromatic rings. The molecule has 0 bridgehead atoms. The van der Waals surface area contributed by atoms with Crippen molar-refractivity contribution in [3.63, 3.8) is 0 Å². The number of nitrogens with one attached hydrogen (secondary N) is 4. The van der Waals surface area contributed by atoms with Gasteiger partial charge in [-0.25, -0.2) is 31.9 Å². The lowest BCUT2D eigenvalue weighted by atomic mass is 9.88. The summed E-state index contributed by atoms with van der Waals surface area (Å²) in [7, 11) is -3.48. The smallest absolute Gasteiger partial charge is 0.209 e. The van der Waals surface area contributed by atoms with Crippen molar-refractivity contribution >= 4 is 37.8 Å². The predicted molar refractivity (Wildman–Crippen MR) is 175 cm³/mol. The normalized spacial score (nSPS) is 15.0. The van der Waals surface area contributed by atoms with Gasteiger partial charge in [0, 0.05) is 41.5 Å². The molecule has 1 aliphatic rings. The standard InChI is InChI=1S/C33H32F2N8O3S/c1-47(45,46)38-15-18-11-20(13-22(34)12-18)25-9-10-37-31-29(25)40-32(41-31)30-27-26(42-43-30)8-7-24(28(27)35)21-14-23(17-36-16-21)39-33(44)19-5-3-2-4-6-19/h7-14,16-17,19,33,38-39,44H,2-6,15H2,1H3,(H,42,43)(H,37,40,41). The van der Waals surface area contributed by atoms with E-state index in [9.17, 15) is 17.9 Å². The minimum absolute atomic E-state index is 0.0808. The molecule has 0 amide bonds. The van der Waals surface area contributed by atoms with Crippen molar-refractivity contribution in [2.45, 2.75) is 44.9 Å². The van der Waals surface area contributed by atoms with Crippen LogP contribution in [0.5, 0.6) is 0 Å². The van der Waals surface area contributed by atoms with Crippen LogP contribution in [0.25, 0.3) is 55.8 Å². The molecule has 1 fully saturated rings. The molecule has 2 aromatic carbocycles. The van der Waals surface area contributed by atoms with Gasteiger partial charge in [-0.1, -0.05) is 19.3 Å². The molecule has 1 atom stereocenters. The Morgan fingerprint density at radius 2 is 1.85 bits per heavy atom. The van der Waals surface area contributed by atoms with Crippen LogP contribution in [0.3, 0.4) is 0 Å². The maximum Gasteiger partial charge on any atom is 0.209 e. The van der Waals surface area contributed by atoms with Gasteiger partial charge in [0.1, 0.15) is 23.6 Å². The van der Waals surface area contributed by atoms with Gasteiger partial charge in [-0.3, -0.25) is 10.1 Å². The van der Waals surface area contributed by atoms with Crippen molar-refractivity contribution in [3.8, 4) is 33.8 Å². The maximum atomic E-state index is 16.4. The average Bonchev–Trinajstić information content (AvgIpc) is 3.69. The Hall–Kier alpha value is -4.79. The number of halogens is 2. The van der Waals surface area contributed by atoms with Gasteiger partial charge >= 0.3 is 0 Å². The number of fused-ring (bicyclic) bond motifs is 2. The predicted octanol–water partition coefficient (Wildman–Crippen LogP) is 5.87. The summed E-state index contributed by atoms with van der Waals surface area (Å²) in [6.45, 7) is -0.0808. The molecule has 1 saturated carbocycles. The molecule has 0 spiro atoms. The Kier molecular flexibility index (Phi) is 8.16. The summed E-state index contributed by atoms with van der Waals surface area (Å²) in [5.74, 6) is -0.656. The lowest BCUT2D eigenvalue weighted by molar-refractivity contribution is 0.109. The number of rotatable bonds is 9. The molecule has 0 radical (unpaired) electrons. The van der Waals surface area contributed by atoms with E-state index in [1.807, 2.05) is 0 Å². The topological polar surface area (TPSA) is 162 Å². The summed E-state index contributed by atoms with van der Waals surface area (Å²) < 4.78 is 56.5. The minimum atomic E-state index is -3.48. The van der Waals surface area contributed by atoms with Crippen LogP contribution < -0.4 is 10.0 Å². The molecule has 14 heteroatoms. The summed E-state index contributed by atoms with van der Waals surface area (Å²) >= 11 is 0. The Morgan fingerprint density at radius 1 is 1.02 bits per heavy atom. The van der Waals surface area contributed by atoms with E-state index in [2.05, 4.69) is 40.2 Å². The van der Waals surface area contributed by atoms with Gasteiger partial charge < -0.3 is 15.4 Å². The molecule has 1 aliphatic carbocycles. The molecule has 11 nitrogen and oxygen atoms in total. The second-order valence-electron chi connectivity index (χ2n) is 12.0. The van der Waals surface area contributed by atoms with Crippen LogP contribution in [0.1, 0.15) is 37.7 Å². The van der Waals surface area contributed by atoms with Crippen molar-refractivity contribution in [2.75, 3.05) is 11.6 Å². The fourth-order valence-corrected chi connectivity index (χ4v) is 6.69. The number of aromatic nitrogens is 6. The summed E-state index contributed by atoms with van der Waals surface area (Å²) in [4.78, 5) is 16.4. The van der Waals surface area contributed by atoms with Gasteiger partial charge in [0.05, 0.1) is 34.6 Å². The first-order valence-corrected chi connectivity index (χ1v) is 17.2. The molecular weight excluding hydrogens is 626 g/mol. The van der Waals surface area contributed by atoms with Crippen LogP contribution in [0.4, 0.5) is 14.5 Å². The zero-order valence-corrected chi connectivity index (χ0v) is 26.2. The number of aromatic amines is 2. The molecule has 1 unspecified atom stereocenters. The molecule has 5 N–H and O–H groups in total. The molecule has 7 rings (SSSR count). The van der Waals surface area contributed by atoms with Crippen molar-refractivity contribution in [1.29, 1.82) is 0 Å². The molecule has 0 aliphatic heterocycles.